The molecule has 1 rings (SSSR count). The Balaban J connectivity index is 3.35. The smallest absolute Gasteiger partial charge is 0.344 e. The topological polar surface area (TPSA) is 91.4 Å². The summed E-state index contributed by atoms with van der Waals surface area (Å²) < 4.78 is 5.86. The Morgan fingerprint density at radius 3 is 2.67 bits per heavy atom. The molecule has 0 aliphatic carbocycles. The molecular formula is C11H14N2O5. The van der Waals surface area contributed by atoms with Crippen molar-refractivity contribution in [1.82, 2.24) is 4.57 Å². The molecule has 7 heteroatoms. The van der Waals surface area contributed by atoms with E-state index in [-0.39, 0.29) is 17.9 Å². The fraction of sp³-hybridized carbons (Fsp3) is 0.455. The van der Waals surface area contributed by atoms with Gasteiger partial charge in [-0.15, -0.1) is 0 Å². The predicted molar refractivity (Wildman–Crippen MR) is 63.6 cm³/mol. The molecule has 0 aliphatic heterocycles. The lowest BCUT2D eigenvalue weighted by molar-refractivity contribution is -0.385. The molecule has 98 valence electrons. The van der Waals surface area contributed by atoms with Crippen molar-refractivity contribution < 1.29 is 14.5 Å². The van der Waals surface area contributed by atoms with E-state index in [1.54, 1.807) is 6.92 Å². The van der Waals surface area contributed by atoms with Crippen LogP contribution in [0.5, 0.6) is 0 Å². The monoisotopic (exact) mass is 254 g/mol. The van der Waals surface area contributed by atoms with Crippen molar-refractivity contribution in [3.05, 3.63) is 38.3 Å². The van der Waals surface area contributed by atoms with Gasteiger partial charge in [-0.2, -0.15) is 0 Å². The van der Waals surface area contributed by atoms with Crippen molar-refractivity contribution >= 4 is 11.7 Å². The van der Waals surface area contributed by atoms with Crippen molar-refractivity contribution in [3.8, 4) is 0 Å². The van der Waals surface area contributed by atoms with E-state index in [1.165, 1.54) is 0 Å². The average molecular weight is 254 g/mol. The van der Waals surface area contributed by atoms with Crippen molar-refractivity contribution in [2.75, 3.05) is 6.61 Å². The molecule has 0 saturated heterocycles. The maximum Gasteiger partial charge on any atom is 0.344 e. The number of carbonyl (C=O) groups is 1. The average Bonchev–Trinajstić information content (AvgIpc) is 2.31. The van der Waals surface area contributed by atoms with Crippen LogP contribution < -0.4 is 5.56 Å². The highest BCUT2D eigenvalue weighted by Gasteiger charge is 2.19. The second kappa shape index (κ2) is 5.95. The van der Waals surface area contributed by atoms with Gasteiger partial charge in [0.15, 0.2) is 0 Å². The van der Waals surface area contributed by atoms with Gasteiger partial charge in [0.2, 0.25) is 0 Å². The standard InChI is InChI=1S/C11H14N2O5/c1-3-5-12-7-8(13(16)17)6-9(10(12)14)11(15)18-4-2/h6-7H,3-5H2,1-2H3. The highest BCUT2D eigenvalue weighted by Crippen LogP contribution is 2.11. The molecule has 0 saturated carbocycles. The fourth-order valence-corrected chi connectivity index (χ4v) is 1.48. The summed E-state index contributed by atoms with van der Waals surface area (Å²) in [4.78, 5) is 33.5. The third kappa shape index (κ3) is 2.93. The summed E-state index contributed by atoms with van der Waals surface area (Å²) in [5, 5.41) is 10.7. The second-order valence-electron chi connectivity index (χ2n) is 3.59. The summed E-state index contributed by atoms with van der Waals surface area (Å²) in [6, 6.07) is 0.951. The molecule has 0 aliphatic rings. The number of aryl methyl sites for hydroxylation is 1. The van der Waals surface area contributed by atoms with Crippen LogP contribution in [0.4, 0.5) is 5.69 Å². The van der Waals surface area contributed by atoms with Crippen LogP contribution >= 0.6 is 0 Å². The summed E-state index contributed by atoms with van der Waals surface area (Å²) in [6.45, 7) is 3.84. The number of pyridine rings is 1. The molecule has 1 heterocycles. The van der Waals surface area contributed by atoms with Gasteiger partial charge in [-0.3, -0.25) is 14.9 Å². The molecule has 0 N–H and O–H groups in total. The molecule has 0 amide bonds. The molecule has 18 heavy (non-hydrogen) atoms. The first-order chi connectivity index (χ1) is 8.51. The predicted octanol–water partition coefficient (Wildman–Crippen LogP) is 1.34. The summed E-state index contributed by atoms with van der Waals surface area (Å²) >= 11 is 0. The van der Waals surface area contributed by atoms with Crippen LogP contribution in [0, 0.1) is 10.1 Å². The summed E-state index contributed by atoms with van der Waals surface area (Å²) in [5.41, 5.74) is -1.17. The molecule has 0 bridgehead atoms. The first kappa shape index (κ1) is 13.9. The number of nitrogens with zero attached hydrogens (tertiary/aromatic N) is 2. The second-order valence-corrected chi connectivity index (χ2v) is 3.59. The Labute approximate surface area is 103 Å². The van der Waals surface area contributed by atoms with Gasteiger partial charge in [-0.05, 0) is 13.3 Å². The normalized spacial score (nSPS) is 10.1. The van der Waals surface area contributed by atoms with Gasteiger partial charge < -0.3 is 9.30 Å². The molecule has 0 unspecified atom stereocenters. The summed E-state index contributed by atoms with van der Waals surface area (Å²) in [7, 11) is 0. The number of aromatic nitrogens is 1. The van der Waals surface area contributed by atoms with Gasteiger partial charge in [0.05, 0.1) is 17.7 Å². The molecule has 0 radical (unpaired) electrons. The lowest BCUT2D eigenvalue weighted by Gasteiger charge is -2.06. The SMILES string of the molecule is CCCn1cc([N+](=O)[O-])cc(C(=O)OCC)c1=O. The van der Waals surface area contributed by atoms with Crippen molar-refractivity contribution in [2.45, 2.75) is 26.8 Å². The first-order valence-electron chi connectivity index (χ1n) is 5.57. The van der Waals surface area contributed by atoms with Crippen LogP contribution in [0.2, 0.25) is 0 Å². The van der Waals surface area contributed by atoms with Crippen LogP contribution in [0.3, 0.4) is 0 Å². The summed E-state index contributed by atoms with van der Waals surface area (Å²) in [6.07, 6.45) is 1.76. The Morgan fingerprint density at radius 1 is 1.50 bits per heavy atom. The number of ether oxygens (including phenoxy) is 1. The maximum atomic E-state index is 11.9. The molecule has 0 atom stereocenters. The highest BCUT2D eigenvalue weighted by molar-refractivity contribution is 5.89. The third-order valence-electron chi connectivity index (χ3n) is 2.24. The fourth-order valence-electron chi connectivity index (χ4n) is 1.48. The zero-order chi connectivity index (χ0) is 13.7. The van der Waals surface area contributed by atoms with Gasteiger partial charge in [-0.25, -0.2) is 4.79 Å². The Hall–Kier alpha value is -2.18. The minimum atomic E-state index is -0.837. The molecule has 0 fully saturated rings. The van der Waals surface area contributed by atoms with E-state index in [0.29, 0.717) is 13.0 Å². The van der Waals surface area contributed by atoms with Crippen LogP contribution in [0.15, 0.2) is 17.1 Å². The van der Waals surface area contributed by atoms with E-state index in [0.717, 1.165) is 16.8 Å². The Bertz CT molecular complexity index is 521. The third-order valence-corrected chi connectivity index (χ3v) is 2.24. The van der Waals surface area contributed by atoms with Crippen molar-refractivity contribution in [1.29, 1.82) is 0 Å². The number of hydrogen-bond donors (Lipinski definition) is 0. The van der Waals surface area contributed by atoms with E-state index >= 15 is 0 Å². The van der Waals surface area contributed by atoms with E-state index in [1.807, 2.05) is 6.92 Å². The van der Waals surface area contributed by atoms with Crippen molar-refractivity contribution in [3.63, 3.8) is 0 Å². The van der Waals surface area contributed by atoms with Crippen LogP contribution in [0.1, 0.15) is 30.6 Å². The van der Waals surface area contributed by atoms with Crippen LogP contribution in [-0.4, -0.2) is 22.1 Å². The van der Waals surface area contributed by atoms with Gasteiger partial charge in [0.1, 0.15) is 5.56 Å². The van der Waals surface area contributed by atoms with E-state index in [4.69, 9.17) is 4.74 Å². The zero-order valence-corrected chi connectivity index (χ0v) is 10.2. The lowest BCUT2D eigenvalue weighted by Crippen LogP contribution is -2.27. The Kier molecular flexibility index (Phi) is 4.59. The minimum absolute atomic E-state index is 0.106. The molecule has 0 aromatic carbocycles. The molecule has 1 aromatic heterocycles. The number of esters is 1. The first-order valence-corrected chi connectivity index (χ1v) is 5.57. The quantitative estimate of drug-likeness (QED) is 0.449. The van der Waals surface area contributed by atoms with E-state index in [2.05, 4.69) is 0 Å². The number of hydrogen-bond acceptors (Lipinski definition) is 5. The lowest BCUT2D eigenvalue weighted by atomic mass is 10.2. The summed E-state index contributed by atoms with van der Waals surface area (Å²) in [5.74, 6) is -0.837. The van der Waals surface area contributed by atoms with Gasteiger partial charge in [-0.1, -0.05) is 6.92 Å². The van der Waals surface area contributed by atoms with E-state index in [9.17, 15) is 19.7 Å². The van der Waals surface area contributed by atoms with Gasteiger partial charge in [0, 0.05) is 12.6 Å². The molecule has 0 spiro atoms. The van der Waals surface area contributed by atoms with Crippen LogP contribution in [0.25, 0.3) is 0 Å². The molecule has 1 aromatic rings. The molecular weight excluding hydrogens is 240 g/mol. The van der Waals surface area contributed by atoms with Gasteiger partial charge in [0.25, 0.3) is 11.2 Å². The number of rotatable bonds is 5. The molecule has 7 nitrogen and oxygen atoms in total. The Morgan fingerprint density at radius 2 is 2.17 bits per heavy atom. The largest absolute Gasteiger partial charge is 0.462 e. The van der Waals surface area contributed by atoms with Crippen LogP contribution in [-0.2, 0) is 11.3 Å². The highest BCUT2D eigenvalue weighted by atomic mass is 16.6. The van der Waals surface area contributed by atoms with Crippen molar-refractivity contribution in [2.24, 2.45) is 0 Å². The number of nitro groups is 1. The zero-order valence-electron chi connectivity index (χ0n) is 10.2. The van der Waals surface area contributed by atoms with Gasteiger partial charge >= 0.3 is 5.97 Å². The maximum absolute atomic E-state index is 11.9. The number of carbonyl (C=O) groups excluding carboxylic acids is 1. The van der Waals surface area contributed by atoms with E-state index < -0.39 is 16.5 Å². The minimum Gasteiger partial charge on any atom is -0.462 e.